The normalized spacial score (nSPS) is 12.8. The molecule has 0 unspecified atom stereocenters. The maximum Gasteiger partial charge on any atom is 0.338 e. The second-order valence-electron chi connectivity index (χ2n) is 8.40. The first-order valence-corrected chi connectivity index (χ1v) is 16.2. The lowest BCUT2D eigenvalue weighted by atomic mass is 10.1. The number of fused-ring (bicyclic) bond motifs is 1. The van der Waals surface area contributed by atoms with Gasteiger partial charge in [0, 0.05) is 9.86 Å². The molecule has 0 bridgehead atoms. The Morgan fingerprint density at radius 2 is 1.23 bits per heavy atom. The molecule has 0 amide bonds. The van der Waals surface area contributed by atoms with Crippen LogP contribution in [0, 0.1) is 0 Å². The van der Waals surface area contributed by atoms with Gasteiger partial charge in [-0.25, -0.2) is 4.79 Å². The highest BCUT2D eigenvalue weighted by Gasteiger charge is 2.25. The van der Waals surface area contributed by atoms with Crippen molar-refractivity contribution >= 4 is 85.8 Å². The standard InChI is InChI=1S/C23H15BrN4O12S3/c24-17-10-15-11(7-19(17)42(35,36)37)8-20(43(38,39)40)21(22(15)29)28-27-18-6-3-13(9-16(18)23(30)31)26-25-12-1-4-14(5-2-12)41(32,33)34/h1-10,29H,(H,30,31)(H,32,33,34)(H,35,36,37)(H,38,39,40)/b26-25+,28-27+. The third-order valence-corrected chi connectivity index (χ3v) is 9.09. The zero-order chi connectivity index (χ0) is 31.9. The molecule has 0 saturated carbocycles. The molecule has 0 saturated heterocycles. The van der Waals surface area contributed by atoms with Gasteiger partial charge in [-0.1, -0.05) is 0 Å². The summed E-state index contributed by atoms with van der Waals surface area (Å²) in [6, 6.07) is 10.7. The van der Waals surface area contributed by atoms with Gasteiger partial charge in [-0.3, -0.25) is 13.7 Å². The lowest BCUT2D eigenvalue weighted by molar-refractivity contribution is 0.0697. The molecule has 4 rings (SSSR count). The molecule has 0 fully saturated rings. The van der Waals surface area contributed by atoms with Crippen LogP contribution in [-0.2, 0) is 30.4 Å². The summed E-state index contributed by atoms with van der Waals surface area (Å²) in [5, 5.41) is 35.1. The minimum absolute atomic E-state index is 0.00173. The summed E-state index contributed by atoms with van der Waals surface area (Å²) in [5.41, 5.74) is -1.48. The van der Waals surface area contributed by atoms with Crippen LogP contribution in [0.15, 0.2) is 100 Å². The van der Waals surface area contributed by atoms with Gasteiger partial charge in [0.25, 0.3) is 30.4 Å². The summed E-state index contributed by atoms with van der Waals surface area (Å²) in [4.78, 5) is 9.85. The molecule has 224 valence electrons. The van der Waals surface area contributed by atoms with Gasteiger partial charge in [0.05, 0.1) is 21.8 Å². The summed E-state index contributed by atoms with van der Waals surface area (Å²) < 4.78 is 97.7. The number of phenolic OH excluding ortho intramolecular Hbond substituents is 1. The first kappa shape index (κ1) is 31.7. The third-order valence-electron chi connectivity index (χ3n) is 5.54. The number of aromatic carboxylic acids is 1. The Kier molecular flexibility index (Phi) is 8.48. The summed E-state index contributed by atoms with van der Waals surface area (Å²) in [5.74, 6) is -2.39. The van der Waals surface area contributed by atoms with Crippen LogP contribution in [0.25, 0.3) is 10.8 Å². The zero-order valence-corrected chi connectivity index (χ0v) is 24.8. The molecular formula is C23H15BrN4O12S3. The quantitative estimate of drug-likeness (QED) is 0.111. The van der Waals surface area contributed by atoms with E-state index >= 15 is 0 Å². The van der Waals surface area contributed by atoms with Crippen LogP contribution >= 0.6 is 15.9 Å². The van der Waals surface area contributed by atoms with E-state index in [0.717, 1.165) is 42.5 Å². The number of hydrogen-bond acceptors (Lipinski definition) is 12. The van der Waals surface area contributed by atoms with Crippen molar-refractivity contribution in [3.63, 3.8) is 0 Å². The van der Waals surface area contributed by atoms with Gasteiger partial charge in [-0.05, 0) is 82.0 Å². The van der Waals surface area contributed by atoms with Crippen molar-refractivity contribution in [3.8, 4) is 5.75 Å². The topological polar surface area (TPSA) is 270 Å². The van der Waals surface area contributed by atoms with E-state index in [1.54, 1.807) is 0 Å². The van der Waals surface area contributed by atoms with Gasteiger partial charge in [-0.2, -0.15) is 35.5 Å². The minimum Gasteiger partial charge on any atom is -0.505 e. The van der Waals surface area contributed by atoms with E-state index in [1.807, 2.05) is 0 Å². The van der Waals surface area contributed by atoms with E-state index < -0.39 is 63.1 Å². The second kappa shape index (κ2) is 11.5. The van der Waals surface area contributed by atoms with Crippen LogP contribution in [0.3, 0.4) is 0 Å². The number of aromatic hydroxyl groups is 1. The molecule has 0 atom stereocenters. The zero-order valence-electron chi connectivity index (χ0n) is 20.8. The summed E-state index contributed by atoms with van der Waals surface area (Å²) >= 11 is 2.93. The molecule has 43 heavy (non-hydrogen) atoms. The third kappa shape index (κ3) is 7.07. The highest BCUT2D eigenvalue weighted by molar-refractivity contribution is 9.10. The average molecular weight is 715 g/mol. The van der Waals surface area contributed by atoms with Crippen molar-refractivity contribution in [2.45, 2.75) is 14.7 Å². The molecule has 0 aliphatic rings. The SMILES string of the molecule is O=C(O)c1cc(/N=N/c2ccc(S(=O)(=O)O)cc2)ccc1/N=N/c1c(S(=O)(=O)O)cc2cc(S(=O)(=O)O)c(Br)cc2c1O. The molecule has 4 aromatic rings. The molecule has 0 heterocycles. The number of nitrogens with zero attached hydrogens (tertiary/aromatic N) is 4. The van der Waals surface area contributed by atoms with Gasteiger partial charge in [0.15, 0.2) is 5.75 Å². The van der Waals surface area contributed by atoms with Crippen LogP contribution in [-0.4, -0.2) is 55.1 Å². The highest BCUT2D eigenvalue weighted by Crippen LogP contribution is 2.43. The number of carboxylic acid groups (broad SMARTS) is 1. The van der Waals surface area contributed by atoms with Crippen molar-refractivity contribution in [1.29, 1.82) is 0 Å². The van der Waals surface area contributed by atoms with Crippen molar-refractivity contribution in [2.24, 2.45) is 20.5 Å². The van der Waals surface area contributed by atoms with E-state index in [2.05, 4.69) is 36.4 Å². The van der Waals surface area contributed by atoms with Crippen molar-refractivity contribution in [1.82, 2.24) is 0 Å². The van der Waals surface area contributed by atoms with Gasteiger partial charge in [0.2, 0.25) is 0 Å². The predicted molar refractivity (Wildman–Crippen MR) is 151 cm³/mol. The first-order chi connectivity index (χ1) is 19.9. The molecule has 0 aromatic heterocycles. The largest absolute Gasteiger partial charge is 0.505 e. The van der Waals surface area contributed by atoms with Crippen molar-refractivity contribution in [2.75, 3.05) is 0 Å². The Bertz CT molecular complexity index is 2200. The average Bonchev–Trinajstić information content (AvgIpc) is 2.90. The first-order valence-electron chi connectivity index (χ1n) is 11.1. The van der Waals surface area contributed by atoms with E-state index in [4.69, 9.17) is 4.55 Å². The fourth-order valence-corrected chi connectivity index (χ4v) is 6.26. The maximum absolute atomic E-state index is 12.1. The second-order valence-corrected chi connectivity index (χ2v) is 13.5. The van der Waals surface area contributed by atoms with Crippen LogP contribution in [0.2, 0.25) is 0 Å². The monoisotopic (exact) mass is 714 g/mol. The molecule has 5 N–H and O–H groups in total. The summed E-state index contributed by atoms with van der Waals surface area (Å²) in [6.45, 7) is 0. The highest BCUT2D eigenvalue weighted by atomic mass is 79.9. The number of benzene rings is 4. The maximum atomic E-state index is 12.1. The molecule has 0 aliphatic carbocycles. The molecule has 0 radical (unpaired) electrons. The fraction of sp³-hybridized carbons (Fsp3) is 0. The Labute approximate surface area is 250 Å². The predicted octanol–water partition coefficient (Wildman–Crippen LogP) is 5.58. The molecule has 0 spiro atoms. The number of phenols is 1. The molecule has 16 nitrogen and oxygen atoms in total. The lowest BCUT2D eigenvalue weighted by Crippen LogP contribution is -2.01. The van der Waals surface area contributed by atoms with Gasteiger partial charge >= 0.3 is 5.97 Å². The Balaban J connectivity index is 1.77. The van der Waals surface area contributed by atoms with Crippen molar-refractivity contribution < 1.29 is 53.9 Å². The number of carbonyl (C=O) groups is 1. The number of rotatable bonds is 8. The molecule has 4 aromatic carbocycles. The summed E-state index contributed by atoms with van der Waals surface area (Å²) in [7, 11) is -14.3. The van der Waals surface area contributed by atoms with Crippen LogP contribution < -0.4 is 0 Å². The Morgan fingerprint density at radius 1 is 0.674 bits per heavy atom. The molecular weight excluding hydrogens is 700 g/mol. The van der Waals surface area contributed by atoms with E-state index in [9.17, 15) is 49.4 Å². The van der Waals surface area contributed by atoms with Crippen LogP contribution in [0.4, 0.5) is 22.7 Å². The van der Waals surface area contributed by atoms with Crippen LogP contribution in [0.1, 0.15) is 10.4 Å². The summed E-state index contributed by atoms with van der Waals surface area (Å²) in [6.07, 6.45) is 0. The number of azo groups is 2. The molecule has 20 heteroatoms. The smallest absolute Gasteiger partial charge is 0.338 e. The molecule has 0 aliphatic heterocycles. The Hall–Kier alpha value is -4.18. The van der Waals surface area contributed by atoms with Gasteiger partial charge < -0.3 is 10.2 Å². The Morgan fingerprint density at radius 3 is 1.79 bits per heavy atom. The van der Waals surface area contributed by atoms with Gasteiger partial charge in [-0.15, -0.1) is 10.2 Å². The number of carboxylic acids is 1. The fourth-order valence-electron chi connectivity index (χ4n) is 3.59. The number of hydrogen-bond donors (Lipinski definition) is 5. The van der Waals surface area contributed by atoms with E-state index in [0.29, 0.717) is 0 Å². The van der Waals surface area contributed by atoms with E-state index in [-0.39, 0.29) is 37.2 Å². The van der Waals surface area contributed by atoms with Gasteiger partial charge in [0.1, 0.15) is 21.2 Å². The van der Waals surface area contributed by atoms with Crippen molar-refractivity contribution in [3.05, 3.63) is 70.7 Å². The minimum atomic E-state index is -5.12. The van der Waals surface area contributed by atoms with Crippen LogP contribution in [0.5, 0.6) is 5.75 Å². The van der Waals surface area contributed by atoms with E-state index in [1.165, 1.54) is 18.2 Å². The number of halogens is 1. The lowest BCUT2D eigenvalue weighted by Gasteiger charge is -2.11.